The Kier molecular flexibility index (Phi) is 4.86. The topological polar surface area (TPSA) is 82.8 Å². The van der Waals surface area contributed by atoms with Crippen LogP contribution in [0.3, 0.4) is 0 Å². The fourth-order valence-electron chi connectivity index (χ4n) is 3.76. The number of urea groups is 1. The summed E-state index contributed by atoms with van der Waals surface area (Å²) >= 11 is 0. The van der Waals surface area contributed by atoms with Gasteiger partial charge in [-0.15, -0.1) is 0 Å². The normalized spacial score (nSPS) is 18.6. The highest BCUT2D eigenvalue weighted by Crippen LogP contribution is 2.40. The molecule has 0 radical (unpaired) electrons. The van der Waals surface area contributed by atoms with E-state index < -0.39 is 24.0 Å². The Labute approximate surface area is 171 Å². The first-order valence-electron chi connectivity index (χ1n) is 9.89. The molecule has 1 N–H and O–H groups in total. The van der Waals surface area contributed by atoms with Crippen LogP contribution in [0.1, 0.15) is 42.7 Å². The Morgan fingerprint density at radius 1 is 1.27 bits per heavy atom. The number of rotatable bonds is 5. The quantitative estimate of drug-likeness (QED) is 0.800. The van der Waals surface area contributed by atoms with Crippen LogP contribution in [0, 0.1) is 12.8 Å². The molecule has 0 bridgehead atoms. The van der Waals surface area contributed by atoms with Crippen LogP contribution in [0.25, 0.3) is 5.65 Å². The van der Waals surface area contributed by atoms with Gasteiger partial charge in [0, 0.05) is 30.9 Å². The lowest BCUT2D eigenvalue weighted by molar-refractivity contribution is -0.158. The lowest BCUT2D eigenvalue weighted by Gasteiger charge is -2.22. The molecular formula is C19H23F3N6O2. The number of carbonyl (C=O) groups excluding carboxylic acids is 2. The molecule has 2 aromatic rings. The van der Waals surface area contributed by atoms with Gasteiger partial charge in [0.25, 0.3) is 5.91 Å². The first-order valence-corrected chi connectivity index (χ1v) is 9.89. The molecule has 4 rings (SSSR count). The molecule has 30 heavy (non-hydrogen) atoms. The first kappa shape index (κ1) is 20.4. The fraction of sp³-hybridized carbons (Fsp3) is 0.579. The lowest BCUT2D eigenvalue weighted by atomic mass is 10.1. The summed E-state index contributed by atoms with van der Waals surface area (Å²) in [6.07, 6.45) is -2.44. The van der Waals surface area contributed by atoms with Crippen molar-refractivity contribution in [1.82, 2.24) is 24.8 Å². The highest BCUT2D eigenvalue weighted by molar-refractivity contribution is 6.00. The van der Waals surface area contributed by atoms with Crippen molar-refractivity contribution in [3.05, 3.63) is 23.5 Å². The number of anilines is 1. The summed E-state index contributed by atoms with van der Waals surface area (Å²) < 4.78 is 41.3. The minimum atomic E-state index is -4.52. The number of amides is 3. The Bertz CT molecular complexity index is 998. The summed E-state index contributed by atoms with van der Waals surface area (Å²) in [6.45, 7) is 6.55. The monoisotopic (exact) mass is 424 g/mol. The van der Waals surface area contributed by atoms with E-state index in [1.54, 1.807) is 17.9 Å². The van der Waals surface area contributed by atoms with Gasteiger partial charge in [-0.05, 0) is 39.5 Å². The van der Waals surface area contributed by atoms with Crippen LogP contribution in [0.5, 0.6) is 0 Å². The second-order valence-electron chi connectivity index (χ2n) is 8.10. The van der Waals surface area contributed by atoms with Crippen molar-refractivity contribution in [3.63, 3.8) is 0 Å². The third-order valence-electron chi connectivity index (χ3n) is 5.55. The molecule has 3 heterocycles. The van der Waals surface area contributed by atoms with E-state index in [1.165, 1.54) is 15.6 Å². The number of carbonyl (C=O) groups is 2. The first-order chi connectivity index (χ1) is 14.1. The molecule has 2 fully saturated rings. The zero-order chi connectivity index (χ0) is 21.8. The maximum Gasteiger partial charge on any atom is 0.408 e. The van der Waals surface area contributed by atoms with Crippen molar-refractivity contribution in [3.8, 4) is 0 Å². The largest absolute Gasteiger partial charge is 0.408 e. The van der Waals surface area contributed by atoms with Gasteiger partial charge in [-0.2, -0.15) is 18.3 Å². The van der Waals surface area contributed by atoms with Crippen molar-refractivity contribution < 1.29 is 22.8 Å². The molecule has 2 aliphatic rings. The Morgan fingerprint density at radius 2 is 1.97 bits per heavy atom. The summed E-state index contributed by atoms with van der Waals surface area (Å²) in [5.41, 5.74) is 0.677. The maximum absolute atomic E-state index is 13.3. The summed E-state index contributed by atoms with van der Waals surface area (Å²) in [7, 11) is 0. The molecule has 162 valence electrons. The van der Waals surface area contributed by atoms with Crippen molar-refractivity contribution in [2.45, 2.75) is 51.9 Å². The highest BCUT2D eigenvalue weighted by atomic mass is 19.4. The minimum absolute atomic E-state index is 0.0327. The van der Waals surface area contributed by atoms with Crippen LogP contribution >= 0.6 is 0 Å². The van der Waals surface area contributed by atoms with Crippen LogP contribution in [0.2, 0.25) is 0 Å². The molecule has 1 aliphatic heterocycles. The summed E-state index contributed by atoms with van der Waals surface area (Å²) in [5, 5.41) is 6.20. The van der Waals surface area contributed by atoms with Gasteiger partial charge in [0.1, 0.15) is 17.4 Å². The average Bonchev–Trinajstić information content (AvgIpc) is 3.26. The molecule has 11 heteroatoms. The summed E-state index contributed by atoms with van der Waals surface area (Å²) in [6, 6.07) is -0.376. The summed E-state index contributed by atoms with van der Waals surface area (Å²) in [4.78, 5) is 33.0. The Balaban J connectivity index is 1.66. The van der Waals surface area contributed by atoms with Gasteiger partial charge in [0.05, 0.1) is 6.20 Å². The third-order valence-corrected chi connectivity index (χ3v) is 5.55. The van der Waals surface area contributed by atoms with E-state index in [2.05, 4.69) is 15.4 Å². The second-order valence-corrected chi connectivity index (χ2v) is 8.10. The van der Waals surface area contributed by atoms with Crippen molar-refractivity contribution in [2.75, 3.05) is 18.0 Å². The van der Waals surface area contributed by atoms with Gasteiger partial charge >= 0.3 is 12.2 Å². The van der Waals surface area contributed by atoms with E-state index >= 15 is 0 Å². The molecular weight excluding hydrogens is 401 g/mol. The number of alkyl halides is 3. The molecule has 8 nitrogen and oxygen atoms in total. The second kappa shape index (κ2) is 7.13. The molecule has 1 aliphatic carbocycles. The highest BCUT2D eigenvalue weighted by Gasteiger charge is 2.50. The number of nitrogens with zero attached hydrogens (tertiary/aromatic N) is 5. The number of aryl methyl sites for hydroxylation is 1. The molecule has 0 aromatic carbocycles. The van der Waals surface area contributed by atoms with Gasteiger partial charge in [-0.3, -0.25) is 9.69 Å². The number of fused-ring (bicyclic) bond motifs is 1. The zero-order valence-electron chi connectivity index (χ0n) is 16.9. The number of hydrogen-bond donors (Lipinski definition) is 1. The zero-order valence-corrected chi connectivity index (χ0v) is 16.9. The van der Waals surface area contributed by atoms with Gasteiger partial charge in [-0.25, -0.2) is 14.3 Å². The number of halogens is 3. The van der Waals surface area contributed by atoms with Crippen LogP contribution in [-0.2, 0) is 0 Å². The lowest BCUT2D eigenvalue weighted by Crippen LogP contribution is -2.46. The van der Waals surface area contributed by atoms with E-state index in [1.807, 2.05) is 13.8 Å². The fourth-order valence-corrected chi connectivity index (χ4v) is 3.76. The molecule has 1 saturated carbocycles. The average molecular weight is 424 g/mol. The van der Waals surface area contributed by atoms with E-state index in [9.17, 15) is 22.8 Å². The van der Waals surface area contributed by atoms with Crippen molar-refractivity contribution in [2.24, 2.45) is 5.92 Å². The van der Waals surface area contributed by atoms with Gasteiger partial charge < -0.3 is 10.2 Å². The molecule has 2 aromatic heterocycles. The standard InChI is InChI=1S/C19H23F3N6O2/c1-10(2)26-6-7-27(18(26)30)14-8-11(3)28-16(24-14)13(9-23-28)17(29)25-15(12-4-5-12)19(20,21)22/h8-10,12,15H,4-7H2,1-3H3,(H,25,29)/t15-/m0/s1. The van der Waals surface area contributed by atoms with E-state index in [0.717, 1.165) is 0 Å². The van der Waals surface area contributed by atoms with E-state index in [4.69, 9.17) is 0 Å². The molecule has 0 unspecified atom stereocenters. The molecule has 1 saturated heterocycles. The van der Waals surface area contributed by atoms with Crippen molar-refractivity contribution >= 4 is 23.4 Å². The smallest absolute Gasteiger partial charge is 0.340 e. The molecule has 0 spiro atoms. The SMILES string of the molecule is Cc1cc(N2CCN(C(C)C)C2=O)nc2c(C(=O)N[C@@H](C3CC3)C(F)(F)F)cnn12. The van der Waals surface area contributed by atoms with Gasteiger partial charge in [0.2, 0.25) is 0 Å². The number of nitrogens with one attached hydrogen (secondary N) is 1. The molecule has 1 atom stereocenters. The van der Waals surface area contributed by atoms with Crippen LogP contribution < -0.4 is 10.2 Å². The number of aromatic nitrogens is 3. The maximum atomic E-state index is 13.3. The third kappa shape index (κ3) is 3.56. The Hall–Kier alpha value is -2.85. The molecule has 3 amide bonds. The van der Waals surface area contributed by atoms with Crippen LogP contribution in [-0.4, -0.2) is 62.8 Å². The van der Waals surface area contributed by atoms with Crippen LogP contribution in [0.15, 0.2) is 12.3 Å². The summed E-state index contributed by atoms with van der Waals surface area (Å²) in [5.74, 6) is -1.12. The van der Waals surface area contributed by atoms with Crippen molar-refractivity contribution in [1.29, 1.82) is 0 Å². The predicted octanol–water partition coefficient (Wildman–Crippen LogP) is 2.76. The van der Waals surface area contributed by atoms with E-state index in [-0.39, 0.29) is 23.3 Å². The predicted molar refractivity (Wildman–Crippen MR) is 102 cm³/mol. The number of hydrogen-bond acceptors (Lipinski definition) is 4. The van der Waals surface area contributed by atoms with Crippen LogP contribution in [0.4, 0.5) is 23.8 Å². The van der Waals surface area contributed by atoms with Gasteiger partial charge in [0.15, 0.2) is 5.65 Å². The van der Waals surface area contributed by atoms with E-state index in [0.29, 0.717) is 37.4 Å². The minimum Gasteiger partial charge on any atom is -0.340 e. The van der Waals surface area contributed by atoms with Gasteiger partial charge in [-0.1, -0.05) is 0 Å². The Morgan fingerprint density at radius 3 is 2.53 bits per heavy atom.